The summed E-state index contributed by atoms with van der Waals surface area (Å²) in [5.41, 5.74) is 0.494. The molecule has 0 N–H and O–H groups in total. The molecule has 3 heteroatoms. The highest BCUT2D eigenvalue weighted by Gasteiger charge is 2.49. The summed E-state index contributed by atoms with van der Waals surface area (Å²) in [6, 6.07) is 0. The molecule has 14 heavy (non-hydrogen) atoms. The van der Waals surface area contributed by atoms with Crippen LogP contribution in [0.25, 0.3) is 0 Å². The molecule has 0 unspecified atom stereocenters. The van der Waals surface area contributed by atoms with Crippen molar-refractivity contribution in [2.75, 3.05) is 0 Å². The van der Waals surface area contributed by atoms with Crippen molar-refractivity contribution in [3.05, 3.63) is 24.2 Å². The Morgan fingerprint density at radius 3 is 1.93 bits per heavy atom. The molecule has 1 aliphatic heterocycles. The molecule has 0 amide bonds. The third kappa shape index (κ3) is 2.28. The van der Waals surface area contributed by atoms with E-state index in [0.29, 0.717) is 0 Å². The molecule has 78 valence electrons. The topological polar surface area (TPSA) is 18.5 Å². The maximum absolute atomic E-state index is 5.76. The molecule has 0 aliphatic carbocycles. The van der Waals surface area contributed by atoms with E-state index < -0.39 is 0 Å². The van der Waals surface area contributed by atoms with Gasteiger partial charge in [0.25, 0.3) is 0 Å². The van der Waals surface area contributed by atoms with Crippen LogP contribution in [-0.4, -0.2) is 18.3 Å². The Morgan fingerprint density at radius 1 is 1.14 bits per heavy atom. The molecule has 0 spiro atoms. The second-order valence-corrected chi connectivity index (χ2v) is 4.83. The van der Waals surface area contributed by atoms with E-state index in [1.807, 2.05) is 46.7 Å². The van der Waals surface area contributed by atoms with E-state index in [-0.39, 0.29) is 18.3 Å². The molecule has 1 saturated heterocycles. The standard InChI is InChI=1S/C11H19BO2/c1-9(2)7-8-12-13-10(3,4)11(5,6)14-12/h7-8H,1H2,2-6H3. The molecule has 0 saturated carbocycles. The summed E-state index contributed by atoms with van der Waals surface area (Å²) in [5.74, 6) is 1.90. The lowest BCUT2D eigenvalue weighted by atomic mass is 9.89. The lowest BCUT2D eigenvalue weighted by Gasteiger charge is -2.32. The normalized spacial score (nSPS) is 24.5. The molecule has 2 nitrogen and oxygen atoms in total. The van der Waals surface area contributed by atoms with Crippen LogP contribution in [0.4, 0.5) is 0 Å². The van der Waals surface area contributed by atoms with E-state index in [0.717, 1.165) is 5.57 Å². The maximum atomic E-state index is 5.76. The van der Waals surface area contributed by atoms with Gasteiger partial charge in [-0.15, -0.1) is 0 Å². The Kier molecular flexibility index (Phi) is 2.93. The van der Waals surface area contributed by atoms with Crippen molar-refractivity contribution in [1.82, 2.24) is 0 Å². The zero-order valence-corrected chi connectivity index (χ0v) is 9.76. The van der Waals surface area contributed by atoms with Crippen molar-refractivity contribution in [2.45, 2.75) is 45.8 Å². The Bertz CT molecular complexity index is 250. The summed E-state index contributed by atoms with van der Waals surface area (Å²) >= 11 is 0. The van der Waals surface area contributed by atoms with Crippen LogP contribution in [0.3, 0.4) is 0 Å². The van der Waals surface area contributed by atoms with Gasteiger partial charge in [0.1, 0.15) is 0 Å². The maximum Gasteiger partial charge on any atom is 0.487 e. The Labute approximate surface area is 87.1 Å². The second kappa shape index (κ2) is 3.56. The first-order valence-electron chi connectivity index (χ1n) is 4.94. The minimum absolute atomic E-state index is 0.253. The first-order valence-corrected chi connectivity index (χ1v) is 4.94. The van der Waals surface area contributed by atoms with Crippen LogP contribution in [0, 0.1) is 0 Å². The van der Waals surface area contributed by atoms with Crippen molar-refractivity contribution < 1.29 is 9.31 Å². The number of hydrogen-bond donors (Lipinski definition) is 0. The van der Waals surface area contributed by atoms with E-state index >= 15 is 0 Å². The minimum Gasteiger partial charge on any atom is -0.400 e. The molecule has 0 aromatic heterocycles. The highest BCUT2D eigenvalue weighted by atomic mass is 16.7. The van der Waals surface area contributed by atoms with Gasteiger partial charge in [-0.1, -0.05) is 24.2 Å². The summed E-state index contributed by atoms with van der Waals surface area (Å²) in [4.78, 5) is 0. The second-order valence-electron chi connectivity index (χ2n) is 4.83. The molecular weight excluding hydrogens is 175 g/mol. The van der Waals surface area contributed by atoms with Crippen LogP contribution in [0.1, 0.15) is 34.6 Å². The van der Waals surface area contributed by atoms with Crippen LogP contribution in [0.15, 0.2) is 24.2 Å². The molecule has 0 atom stereocenters. The SMILES string of the molecule is C=C(C)C=CB1OC(C)(C)C(C)(C)O1. The molecule has 1 rings (SSSR count). The molecular formula is C11H19BO2. The van der Waals surface area contributed by atoms with Crippen LogP contribution < -0.4 is 0 Å². The van der Waals surface area contributed by atoms with E-state index in [9.17, 15) is 0 Å². The van der Waals surface area contributed by atoms with Gasteiger partial charge >= 0.3 is 7.12 Å². The summed E-state index contributed by atoms with van der Waals surface area (Å²) in [7, 11) is -0.253. The van der Waals surface area contributed by atoms with Gasteiger partial charge in [-0.05, 0) is 34.6 Å². The third-order valence-electron chi connectivity index (χ3n) is 2.81. The lowest BCUT2D eigenvalue weighted by Crippen LogP contribution is -2.41. The van der Waals surface area contributed by atoms with Gasteiger partial charge in [-0.2, -0.15) is 0 Å². The van der Waals surface area contributed by atoms with E-state index in [1.54, 1.807) is 0 Å². The first-order chi connectivity index (χ1) is 6.24. The van der Waals surface area contributed by atoms with Gasteiger partial charge in [0.05, 0.1) is 11.2 Å². The van der Waals surface area contributed by atoms with Crippen molar-refractivity contribution in [2.24, 2.45) is 0 Å². The summed E-state index contributed by atoms with van der Waals surface area (Å²) in [5, 5.41) is 0. The summed E-state index contributed by atoms with van der Waals surface area (Å²) in [6.45, 7) is 13.9. The Hall–Kier alpha value is -0.535. The Morgan fingerprint density at radius 2 is 1.57 bits per heavy atom. The fourth-order valence-corrected chi connectivity index (χ4v) is 1.21. The predicted octanol–water partition coefficient (Wildman–Crippen LogP) is 2.75. The molecule has 0 aromatic rings. The predicted molar refractivity (Wildman–Crippen MR) is 60.0 cm³/mol. The Balaban J connectivity index is 2.69. The third-order valence-corrected chi connectivity index (χ3v) is 2.81. The molecule has 0 radical (unpaired) electrons. The fraction of sp³-hybridized carbons (Fsp3) is 0.636. The summed E-state index contributed by atoms with van der Waals surface area (Å²) in [6.07, 6.45) is 1.92. The quantitative estimate of drug-likeness (QED) is 0.497. The summed E-state index contributed by atoms with van der Waals surface area (Å²) < 4.78 is 11.5. The zero-order valence-electron chi connectivity index (χ0n) is 9.76. The first kappa shape index (κ1) is 11.5. The van der Waals surface area contributed by atoms with E-state index in [2.05, 4.69) is 6.58 Å². The average Bonchev–Trinajstić information content (AvgIpc) is 2.17. The monoisotopic (exact) mass is 194 g/mol. The number of allylic oxidation sites excluding steroid dienone is 2. The lowest BCUT2D eigenvalue weighted by molar-refractivity contribution is 0.00578. The zero-order chi connectivity index (χ0) is 11.0. The van der Waals surface area contributed by atoms with Gasteiger partial charge in [-0.3, -0.25) is 0 Å². The number of rotatable bonds is 2. The fourth-order valence-electron chi connectivity index (χ4n) is 1.21. The largest absolute Gasteiger partial charge is 0.487 e. The van der Waals surface area contributed by atoms with Crippen molar-refractivity contribution >= 4 is 7.12 Å². The van der Waals surface area contributed by atoms with Crippen LogP contribution >= 0.6 is 0 Å². The average molecular weight is 194 g/mol. The van der Waals surface area contributed by atoms with Gasteiger partial charge in [-0.25, -0.2) is 0 Å². The molecule has 1 fully saturated rings. The van der Waals surface area contributed by atoms with Crippen LogP contribution in [-0.2, 0) is 9.31 Å². The molecule has 1 aliphatic rings. The van der Waals surface area contributed by atoms with E-state index in [1.165, 1.54) is 0 Å². The molecule has 0 aromatic carbocycles. The van der Waals surface area contributed by atoms with E-state index in [4.69, 9.17) is 9.31 Å². The van der Waals surface area contributed by atoms with Crippen molar-refractivity contribution in [3.63, 3.8) is 0 Å². The van der Waals surface area contributed by atoms with Crippen molar-refractivity contribution in [3.8, 4) is 0 Å². The molecule has 1 heterocycles. The van der Waals surface area contributed by atoms with Gasteiger partial charge in [0, 0.05) is 0 Å². The highest BCUT2D eigenvalue weighted by molar-refractivity contribution is 6.51. The minimum atomic E-state index is -0.253. The molecule has 0 bridgehead atoms. The van der Waals surface area contributed by atoms with Crippen LogP contribution in [0.2, 0.25) is 0 Å². The van der Waals surface area contributed by atoms with Gasteiger partial charge < -0.3 is 9.31 Å². The van der Waals surface area contributed by atoms with Crippen LogP contribution in [0.5, 0.6) is 0 Å². The number of hydrogen-bond acceptors (Lipinski definition) is 2. The smallest absolute Gasteiger partial charge is 0.400 e. The van der Waals surface area contributed by atoms with Gasteiger partial charge in [0.2, 0.25) is 0 Å². The highest BCUT2D eigenvalue weighted by Crippen LogP contribution is 2.36. The van der Waals surface area contributed by atoms with Gasteiger partial charge in [0.15, 0.2) is 0 Å². The van der Waals surface area contributed by atoms with Crippen molar-refractivity contribution in [1.29, 1.82) is 0 Å².